The molecule has 2 aromatic heterocycles. The second-order valence-electron chi connectivity index (χ2n) is 6.65. The van der Waals surface area contributed by atoms with Gasteiger partial charge in [0.25, 0.3) is 0 Å². The van der Waals surface area contributed by atoms with Crippen LogP contribution in [0.15, 0.2) is 25.3 Å². The normalized spacial score (nSPS) is 26.8. The zero-order chi connectivity index (χ0) is 25.3. The van der Waals surface area contributed by atoms with Crippen LogP contribution in [0.4, 0.5) is 5.82 Å². The lowest BCUT2D eigenvalue weighted by Crippen LogP contribution is -2.33. The number of nitrogens with one attached hydrogen (secondary N) is 1. The minimum atomic E-state index is -5.71. The standard InChI is InChI=1S/C13H20N5O13P3/c1-2-3-14-11-8-12(16-5-15-11)18(6-17-8)13-10(20)9(19)7(29-13)4-28-33(24,25)31-34(26,27)30-32(21,22)23/h2,5-7,9-10,13,19-20H,1,3-4H2,(H,24,25)(H,26,27)(H,14,15,16)(H2,21,22,23)/t7-,9?,10?,13-/m1/s1. The first-order valence-corrected chi connectivity index (χ1v) is 13.6. The summed E-state index contributed by atoms with van der Waals surface area (Å²) in [5.41, 5.74) is 0.526. The first kappa shape index (κ1) is 27.0. The molecule has 2 aromatic rings. The first-order chi connectivity index (χ1) is 15.7. The van der Waals surface area contributed by atoms with Gasteiger partial charge >= 0.3 is 23.5 Å². The van der Waals surface area contributed by atoms with Crippen LogP contribution in [0.3, 0.4) is 0 Å². The number of aliphatic hydroxyl groups excluding tert-OH is 2. The third kappa shape index (κ3) is 6.53. The van der Waals surface area contributed by atoms with Gasteiger partial charge in [-0.1, -0.05) is 6.08 Å². The van der Waals surface area contributed by atoms with E-state index in [0.29, 0.717) is 17.9 Å². The van der Waals surface area contributed by atoms with Gasteiger partial charge in [0, 0.05) is 6.54 Å². The van der Waals surface area contributed by atoms with Gasteiger partial charge in [0.1, 0.15) is 24.6 Å². The number of phosphoric acid groups is 3. The van der Waals surface area contributed by atoms with Gasteiger partial charge in [0.2, 0.25) is 0 Å². The SMILES string of the molecule is C=CCNc1ncnc2c1ncn2[C@@H]1O[C@H](COP(=O)(O)OP(=O)(O)OP(=O)(O)O)C(O)C1O. The highest BCUT2D eigenvalue weighted by atomic mass is 31.3. The van der Waals surface area contributed by atoms with Gasteiger partial charge in [-0.2, -0.15) is 8.62 Å². The molecule has 0 saturated carbocycles. The molecule has 0 bridgehead atoms. The van der Waals surface area contributed by atoms with Gasteiger partial charge in [0.15, 0.2) is 23.2 Å². The van der Waals surface area contributed by atoms with Crippen molar-refractivity contribution < 1.29 is 61.4 Å². The van der Waals surface area contributed by atoms with Gasteiger partial charge in [-0.25, -0.2) is 28.6 Å². The van der Waals surface area contributed by atoms with E-state index in [0.717, 1.165) is 0 Å². The lowest BCUT2D eigenvalue weighted by Gasteiger charge is -2.19. The molecule has 0 aliphatic carbocycles. The highest BCUT2D eigenvalue weighted by molar-refractivity contribution is 7.66. The topological polar surface area (TPSA) is 265 Å². The van der Waals surface area contributed by atoms with E-state index in [1.165, 1.54) is 17.2 Å². The molecule has 1 saturated heterocycles. The molecular formula is C13H20N5O13P3. The molecule has 0 radical (unpaired) electrons. The zero-order valence-corrected chi connectivity index (χ0v) is 19.5. The third-order valence-electron chi connectivity index (χ3n) is 4.20. The summed E-state index contributed by atoms with van der Waals surface area (Å²) in [4.78, 5) is 48.1. The molecule has 6 atom stereocenters. The van der Waals surface area contributed by atoms with Gasteiger partial charge < -0.3 is 39.8 Å². The summed E-state index contributed by atoms with van der Waals surface area (Å²) in [6.45, 7) is 3.00. The van der Waals surface area contributed by atoms with Crippen molar-refractivity contribution >= 4 is 40.4 Å². The fourth-order valence-corrected chi connectivity index (χ4v) is 5.93. The molecule has 18 nitrogen and oxygen atoms in total. The Morgan fingerprint density at radius 3 is 2.44 bits per heavy atom. The van der Waals surface area contributed by atoms with Crippen molar-refractivity contribution in [3.05, 3.63) is 25.3 Å². The molecule has 3 heterocycles. The van der Waals surface area contributed by atoms with E-state index in [2.05, 4.69) is 40.0 Å². The number of hydrogen-bond donors (Lipinski definition) is 7. The van der Waals surface area contributed by atoms with E-state index >= 15 is 0 Å². The van der Waals surface area contributed by atoms with Gasteiger partial charge in [0.05, 0.1) is 12.9 Å². The summed E-state index contributed by atoms with van der Waals surface area (Å²) in [5.74, 6) is 0.362. The fraction of sp³-hybridized carbons (Fsp3) is 0.462. The fourth-order valence-electron chi connectivity index (χ4n) is 2.90. The maximum Gasteiger partial charge on any atom is 0.490 e. The molecule has 0 amide bonds. The van der Waals surface area contributed by atoms with Crippen molar-refractivity contribution in [3.63, 3.8) is 0 Å². The molecule has 0 spiro atoms. The molecule has 1 aliphatic heterocycles. The summed E-state index contributed by atoms with van der Waals surface area (Å²) in [6.07, 6.45) is -1.94. The highest BCUT2D eigenvalue weighted by Crippen LogP contribution is 2.66. The first-order valence-electron chi connectivity index (χ1n) is 9.05. The maximum absolute atomic E-state index is 11.9. The Balaban J connectivity index is 1.71. The monoisotopic (exact) mass is 547 g/mol. The van der Waals surface area contributed by atoms with Crippen LogP contribution in [0.25, 0.3) is 11.2 Å². The number of anilines is 1. The van der Waals surface area contributed by atoms with Crippen molar-refractivity contribution in [1.29, 1.82) is 0 Å². The molecule has 21 heteroatoms. The predicted octanol–water partition coefficient (Wildman–Crippen LogP) is -0.613. The molecule has 1 fully saturated rings. The molecule has 4 unspecified atom stereocenters. The van der Waals surface area contributed by atoms with E-state index in [-0.39, 0.29) is 5.65 Å². The Morgan fingerprint density at radius 2 is 1.79 bits per heavy atom. The molecule has 0 aromatic carbocycles. The molecule has 1 aliphatic rings. The zero-order valence-electron chi connectivity index (χ0n) is 16.8. The molecule has 34 heavy (non-hydrogen) atoms. The predicted molar refractivity (Wildman–Crippen MR) is 110 cm³/mol. The quantitative estimate of drug-likeness (QED) is 0.136. The minimum Gasteiger partial charge on any atom is -0.387 e. The number of nitrogens with zero attached hydrogens (tertiary/aromatic N) is 4. The largest absolute Gasteiger partial charge is 0.490 e. The number of rotatable bonds is 11. The molecular weight excluding hydrogens is 527 g/mol. The maximum atomic E-state index is 11.9. The van der Waals surface area contributed by atoms with Crippen molar-refractivity contribution in [1.82, 2.24) is 19.5 Å². The second kappa shape index (κ2) is 10.2. The summed E-state index contributed by atoms with van der Waals surface area (Å²) in [7, 11) is -16.7. The van der Waals surface area contributed by atoms with Crippen LogP contribution < -0.4 is 5.32 Å². The number of fused-ring (bicyclic) bond motifs is 1. The average molecular weight is 547 g/mol. The van der Waals surface area contributed by atoms with Crippen molar-refractivity contribution in [2.75, 3.05) is 18.5 Å². The Morgan fingerprint density at radius 1 is 1.09 bits per heavy atom. The number of hydrogen-bond acceptors (Lipinski definition) is 13. The van der Waals surface area contributed by atoms with Crippen LogP contribution >= 0.6 is 23.5 Å². The van der Waals surface area contributed by atoms with Gasteiger partial charge in [-0.15, -0.1) is 6.58 Å². The average Bonchev–Trinajstić information content (AvgIpc) is 3.24. The summed E-state index contributed by atoms with van der Waals surface area (Å²) in [6, 6.07) is 0. The third-order valence-corrected chi connectivity index (χ3v) is 8.00. The van der Waals surface area contributed by atoms with E-state index in [4.69, 9.17) is 19.4 Å². The number of aromatic nitrogens is 4. The second-order valence-corrected chi connectivity index (χ2v) is 11.1. The smallest absolute Gasteiger partial charge is 0.387 e. The van der Waals surface area contributed by atoms with Gasteiger partial charge in [-0.3, -0.25) is 9.09 Å². The van der Waals surface area contributed by atoms with Crippen LogP contribution in [0.5, 0.6) is 0 Å². The molecule has 3 rings (SSSR count). The van der Waals surface area contributed by atoms with E-state index < -0.39 is 54.6 Å². The Labute approximate surface area is 190 Å². The van der Waals surface area contributed by atoms with Crippen LogP contribution in [0, 0.1) is 0 Å². The van der Waals surface area contributed by atoms with Crippen LogP contribution in [0.1, 0.15) is 6.23 Å². The van der Waals surface area contributed by atoms with Gasteiger partial charge in [-0.05, 0) is 0 Å². The van der Waals surface area contributed by atoms with Crippen LogP contribution in [0.2, 0.25) is 0 Å². The van der Waals surface area contributed by atoms with Crippen LogP contribution in [-0.4, -0.2) is 80.8 Å². The van der Waals surface area contributed by atoms with Crippen molar-refractivity contribution in [3.8, 4) is 0 Å². The number of ether oxygens (including phenoxy) is 1. The highest BCUT2D eigenvalue weighted by Gasteiger charge is 2.47. The van der Waals surface area contributed by atoms with E-state index in [9.17, 15) is 28.8 Å². The number of phosphoric ester groups is 1. The lowest BCUT2D eigenvalue weighted by molar-refractivity contribution is -0.0503. The van der Waals surface area contributed by atoms with E-state index in [1.807, 2.05) is 0 Å². The Kier molecular flexibility index (Phi) is 8.06. The van der Waals surface area contributed by atoms with Crippen molar-refractivity contribution in [2.24, 2.45) is 0 Å². The summed E-state index contributed by atoms with van der Waals surface area (Å²) in [5, 5.41) is 23.6. The molecule has 7 N–H and O–H groups in total. The Hall–Kier alpha value is -1.62. The summed E-state index contributed by atoms with van der Waals surface area (Å²) < 4.78 is 52.3. The lowest BCUT2D eigenvalue weighted by atomic mass is 10.1. The van der Waals surface area contributed by atoms with E-state index in [1.54, 1.807) is 6.08 Å². The van der Waals surface area contributed by atoms with Crippen molar-refractivity contribution in [2.45, 2.75) is 24.5 Å². The summed E-state index contributed by atoms with van der Waals surface area (Å²) >= 11 is 0. The number of imidazole rings is 1. The Bertz CT molecular complexity index is 1190. The minimum absolute atomic E-state index is 0.214. The number of aliphatic hydroxyl groups is 2. The molecule has 190 valence electrons. The van der Waals surface area contributed by atoms with Crippen LogP contribution in [-0.2, 0) is 31.6 Å².